The fourth-order valence-corrected chi connectivity index (χ4v) is 2.20. The van der Waals surface area contributed by atoms with Crippen molar-refractivity contribution in [3.05, 3.63) is 46.4 Å². The van der Waals surface area contributed by atoms with Crippen molar-refractivity contribution in [3.63, 3.8) is 0 Å². The van der Waals surface area contributed by atoms with Crippen molar-refractivity contribution in [1.29, 1.82) is 0 Å². The molecule has 18 heavy (non-hydrogen) atoms. The summed E-state index contributed by atoms with van der Waals surface area (Å²) in [5, 5.41) is 19.4. The van der Waals surface area contributed by atoms with Crippen LogP contribution in [-0.4, -0.2) is 21.8 Å². The summed E-state index contributed by atoms with van der Waals surface area (Å²) < 4.78 is 5.06. The molecule has 1 aromatic carbocycles. The zero-order valence-electron chi connectivity index (χ0n) is 9.35. The van der Waals surface area contributed by atoms with Gasteiger partial charge < -0.3 is 14.6 Å². The molecule has 1 aromatic heterocycles. The summed E-state index contributed by atoms with van der Waals surface area (Å²) in [7, 11) is 0. The van der Waals surface area contributed by atoms with Crippen LogP contribution in [-0.2, 0) is 0 Å². The SMILES string of the molecule is Cc1occ2c1C(=O)c1c(O)ccc(O)c1C2=O. The van der Waals surface area contributed by atoms with E-state index in [0.717, 1.165) is 0 Å². The maximum absolute atomic E-state index is 12.2. The zero-order valence-corrected chi connectivity index (χ0v) is 9.35. The van der Waals surface area contributed by atoms with Gasteiger partial charge in [-0.2, -0.15) is 0 Å². The van der Waals surface area contributed by atoms with Crippen molar-refractivity contribution < 1.29 is 24.2 Å². The lowest BCUT2D eigenvalue weighted by molar-refractivity contribution is 0.0974. The Morgan fingerprint density at radius 2 is 1.50 bits per heavy atom. The molecule has 2 N–H and O–H groups in total. The number of phenols is 2. The van der Waals surface area contributed by atoms with Gasteiger partial charge in [0.25, 0.3) is 0 Å². The first-order valence-electron chi connectivity index (χ1n) is 5.24. The molecule has 0 bridgehead atoms. The van der Waals surface area contributed by atoms with E-state index in [0.29, 0.717) is 5.76 Å². The van der Waals surface area contributed by atoms with Crippen molar-refractivity contribution in [1.82, 2.24) is 0 Å². The number of carbonyl (C=O) groups is 2. The maximum atomic E-state index is 12.2. The molecule has 5 heteroatoms. The van der Waals surface area contributed by atoms with Gasteiger partial charge in [0.1, 0.15) is 23.5 Å². The number of hydrogen-bond donors (Lipinski definition) is 2. The molecule has 1 aliphatic carbocycles. The summed E-state index contributed by atoms with van der Waals surface area (Å²) in [6, 6.07) is 2.36. The van der Waals surface area contributed by atoms with Crippen LogP contribution in [0.4, 0.5) is 0 Å². The van der Waals surface area contributed by atoms with Crippen LogP contribution in [0.3, 0.4) is 0 Å². The second-order valence-corrected chi connectivity index (χ2v) is 4.09. The van der Waals surface area contributed by atoms with Crippen LogP contribution < -0.4 is 0 Å². The van der Waals surface area contributed by atoms with Crippen molar-refractivity contribution in [2.24, 2.45) is 0 Å². The Bertz CT molecular complexity index is 708. The normalized spacial score (nSPS) is 13.4. The number of furan rings is 1. The minimum Gasteiger partial charge on any atom is -0.507 e. The van der Waals surface area contributed by atoms with Gasteiger partial charge >= 0.3 is 0 Å². The Morgan fingerprint density at radius 3 is 2.11 bits per heavy atom. The van der Waals surface area contributed by atoms with E-state index in [1.165, 1.54) is 18.4 Å². The van der Waals surface area contributed by atoms with Gasteiger partial charge in [-0.15, -0.1) is 0 Å². The quantitative estimate of drug-likeness (QED) is 0.588. The highest BCUT2D eigenvalue weighted by Gasteiger charge is 2.37. The van der Waals surface area contributed by atoms with Crippen LogP contribution in [0, 0.1) is 6.92 Å². The lowest BCUT2D eigenvalue weighted by Gasteiger charge is -2.16. The van der Waals surface area contributed by atoms with Gasteiger partial charge in [-0.3, -0.25) is 9.59 Å². The number of aryl methyl sites for hydroxylation is 1. The molecule has 0 unspecified atom stereocenters. The highest BCUT2D eigenvalue weighted by molar-refractivity contribution is 6.30. The Morgan fingerprint density at radius 1 is 0.944 bits per heavy atom. The van der Waals surface area contributed by atoms with Crippen molar-refractivity contribution in [2.75, 3.05) is 0 Å². The van der Waals surface area contributed by atoms with Crippen molar-refractivity contribution in [2.45, 2.75) is 6.92 Å². The molecule has 0 fully saturated rings. The van der Waals surface area contributed by atoms with E-state index in [1.54, 1.807) is 6.92 Å². The highest BCUT2D eigenvalue weighted by Crippen LogP contribution is 2.38. The molecule has 1 heterocycles. The monoisotopic (exact) mass is 244 g/mol. The Labute approximate surface area is 101 Å². The average Bonchev–Trinajstić information content (AvgIpc) is 2.72. The highest BCUT2D eigenvalue weighted by atomic mass is 16.3. The van der Waals surface area contributed by atoms with Crippen LogP contribution in [0.5, 0.6) is 11.5 Å². The predicted molar refractivity (Wildman–Crippen MR) is 60.1 cm³/mol. The molecule has 0 aliphatic heterocycles. The first-order valence-corrected chi connectivity index (χ1v) is 5.24. The molecular formula is C13H8O5. The van der Waals surface area contributed by atoms with Gasteiger partial charge in [0, 0.05) is 0 Å². The number of hydrogen-bond acceptors (Lipinski definition) is 5. The van der Waals surface area contributed by atoms with Crippen molar-refractivity contribution in [3.8, 4) is 11.5 Å². The second-order valence-electron chi connectivity index (χ2n) is 4.09. The molecule has 2 aromatic rings. The van der Waals surface area contributed by atoms with E-state index in [1.807, 2.05) is 0 Å². The van der Waals surface area contributed by atoms with E-state index < -0.39 is 11.6 Å². The third-order valence-electron chi connectivity index (χ3n) is 3.06. The summed E-state index contributed by atoms with van der Waals surface area (Å²) in [6.07, 6.45) is 1.19. The zero-order chi connectivity index (χ0) is 13.0. The molecule has 0 amide bonds. The molecule has 0 saturated heterocycles. The second kappa shape index (κ2) is 3.22. The third kappa shape index (κ3) is 1.10. The van der Waals surface area contributed by atoms with Crippen LogP contribution in [0.2, 0.25) is 0 Å². The number of fused-ring (bicyclic) bond motifs is 2. The van der Waals surface area contributed by atoms with Crippen LogP contribution in [0.25, 0.3) is 0 Å². The fraction of sp³-hybridized carbons (Fsp3) is 0.0769. The first-order chi connectivity index (χ1) is 8.52. The average molecular weight is 244 g/mol. The number of benzene rings is 1. The van der Waals surface area contributed by atoms with Gasteiger partial charge in [-0.05, 0) is 19.1 Å². The number of aromatic hydroxyl groups is 2. The number of phenolic OH excluding ortho intramolecular Hbond substituents is 2. The summed E-state index contributed by atoms with van der Waals surface area (Å²) in [6.45, 7) is 1.56. The summed E-state index contributed by atoms with van der Waals surface area (Å²) in [5.74, 6) is -1.38. The van der Waals surface area contributed by atoms with Gasteiger partial charge in [0.15, 0.2) is 0 Å². The van der Waals surface area contributed by atoms with Crippen LogP contribution >= 0.6 is 0 Å². The van der Waals surface area contributed by atoms with E-state index in [2.05, 4.69) is 0 Å². The lowest BCUT2D eigenvalue weighted by atomic mass is 9.84. The first kappa shape index (κ1) is 10.6. The number of carbonyl (C=O) groups excluding carboxylic acids is 2. The van der Waals surface area contributed by atoms with E-state index in [-0.39, 0.29) is 33.8 Å². The van der Waals surface area contributed by atoms with E-state index >= 15 is 0 Å². The molecule has 0 atom stereocenters. The minimum atomic E-state index is -0.523. The van der Waals surface area contributed by atoms with E-state index in [9.17, 15) is 19.8 Å². The lowest BCUT2D eigenvalue weighted by Crippen LogP contribution is -2.20. The molecule has 0 radical (unpaired) electrons. The summed E-state index contributed by atoms with van der Waals surface area (Å²) in [4.78, 5) is 24.4. The summed E-state index contributed by atoms with van der Waals surface area (Å²) >= 11 is 0. The molecule has 90 valence electrons. The molecule has 3 rings (SSSR count). The van der Waals surface area contributed by atoms with Gasteiger partial charge in [-0.25, -0.2) is 0 Å². The standard InChI is InChI=1S/C13H8O5/c1-5-9-6(4-18-5)12(16)10-7(14)2-3-8(15)11(10)13(9)17/h2-4,14-15H,1H3. The van der Waals surface area contributed by atoms with E-state index in [4.69, 9.17) is 4.42 Å². The van der Waals surface area contributed by atoms with Crippen molar-refractivity contribution >= 4 is 11.6 Å². The maximum Gasteiger partial charge on any atom is 0.201 e. The van der Waals surface area contributed by atoms with Crippen LogP contribution in [0.15, 0.2) is 22.8 Å². The largest absolute Gasteiger partial charge is 0.507 e. The number of ketones is 2. The fourth-order valence-electron chi connectivity index (χ4n) is 2.20. The molecule has 0 saturated carbocycles. The number of rotatable bonds is 0. The molecule has 0 spiro atoms. The molecule has 5 nitrogen and oxygen atoms in total. The molecule has 1 aliphatic rings. The van der Waals surface area contributed by atoms with Gasteiger partial charge in [-0.1, -0.05) is 0 Å². The third-order valence-corrected chi connectivity index (χ3v) is 3.06. The smallest absolute Gasteiger partial charge is 0.201 e. The topological polar surface area (TPSA) is 87.7 Å². The minimum absolute atomic E-state index is 0.117. The Hall–Kier alpha value is -2.56. The predicted octanol–water partition coefficient (Wildman–Crippen LogP) is 1.77. The Balaban J connectivity index is 2.42. The van der Waals surface area contributed by atoms with Gasteiger partial charge in [0.2, 0.25) is 11.6 Å². The van der Waals surface area contributed by atoms with Gasteiger partial charge in [0.05, 0.1) is 22.3 Å². The van der Waals surface area contributed by atoms with Crippen LogP contribution in [0.1, 0.15) is 37.6 Å². The molecular weight excluding hydrogens is 236 g/mol. The summed E-state index contributed by atoms with van der Waals surface area (Å²) in [5.41, 5.74) is -0.0791. The Kier molecular flexibility index (Phi) is 1.90.